The standard InChI is InChI=1S/C19H21F3N2O3/c20-19(21,22)13-7-5-12(6-8-13)11-23-16(25)9-10-24-17(26)14-3-1-2-4-15(14)18(24)27/h5-8,14-15H,1-4,9-11H2,(H,23,25). The van der Waals surface area contributed by atoms with E-state index in [1.807, 2.05) is 0 Å². The molecule has 1 aromatic rings. The highest BCUT2D eigenvalue weighted by Gasteiger charge is 2.47. The Kier molecular flexibility index (Phi) is 5.53. The molecule has 5 nitrogen and oxygen atoms in total. The lowest BCUT2D eigenvalue weighted by atomic mass is 9.81. The topological polar surface area (TPSA) is 66.5 Å². The number of rotatable bonds is 5. The maximum Gasteiger partial charge on any atom is 0.416 e. The van der Waals surface area contributed by atoms with Gasteiger partial charge in [-0.15, -0.1) is 0 Å². The fourth-order valence-electron chi connectivity index (χ4n) is 3.77. The summed E-state index contributed by atoms with van der Waals surface area (Å²) in [6, 6.07) is 4.54. The van der Waals surface area contributed by atoms with Crippen molar-refractivity contribution in [1.82, 2.24) is 10.2 Å². The number of carbonyl (C=O) groups excluding carboxylic acids is 3. The Morgan fingerprint density at radius 3 is 2.11 bits per heavy atom. The predicted molar refractivity (Wildman–Crippen MR) is 90.1 cm³/mol. The molecule has 0 aromatic heterocycles. The first-order valence-electron chi connectivity index (χ1n) is 9.05. The van der Waals surface area contributed by atoms with Crippen LogP contribution in [0.15, 0.2) is 24.3 Å². The molecule has 1 saturated heterocycles. The van der Waals surface area contributed by atoms with Crippen molar-refractivity contribution in [3.63, 3.8) is 0 Å². The maximum absolute atomic E-state index is 12.5. The first kappa shape index (κ1) is 19.4. The third-order valence-electron chi connectivity index (χ3n) is 5.27. The molecule has 1 aliphatic heterocycles. The molecule has 2 aliphatic rings. The minimum absolute atomic E-state index is 0.0163. The van der Waals surface area contributed by atoms with E-state index in [2.05, 4.69) is 5.32 Å². The van der Waals surface area contributed by atoms with Crippen LogP contribution in [-0.4, -0.2) is 29.2 Å². The fraction of sp³-hybridized carbons (Fsp3) is 0.526. The Bertz CT molecular complexity index is 707. The third-order valence-corrected chi connectivity index (χ3v) is 5.27. The van der Waals surface area contributed by atoms with E-state index in [9.17, 15) is 27.6 Å². The zero-order chi connectivity index (χ0) is 19.6. The molecule has 1 aromatic carbocycles. The number of hydrogen-bond donors (Lipinski definition) is 1. The van der Waals surface area contributed by atoms with Crippen LogP contribution >= 0.6 is 0 Å². The van der Waals surface area contributed by atoms with Gasteiger partial charge >= 0.3 is 6.18 Å². The van der Waals surface area contributed by atoms with Crippen molar-refractivity contribution in [3.05, 3.63) is 35.4 Å². The van der Waals surface area contributed by atoms with E-state index in [-0.39, 0.29) is 49.1 Å². The summed E-state index contributed by atoms with van der Waals surface area (Å²) in [5.74, 6) is -1.19. The van der Waals surface area contributed by atoms with Crippen LogP contribution in [0.3, 0.4) is 0 Å². The average Bonchev–Trinajstić information content (AvgIpc) is 2.89. The lowest BCUT2D eigenvalue weighted by Gasteiger charge is -2.19. The average molecular weight is 382 g/mol. The van der Waals surface area contributed by atoms with Gasteiger partial charge in [0.25, 0.3) is 0 Å². The molecule has 3 rings (SSSR count). The highest BCUT2D eigenvalue weighted by Crippen LogP contribution is 2.38. The number of nitrogens with one attached hydrogen (secondary N) is 1. The van der Waals surface area contributed by atoms with Gasteiger partial charge in [0, 0.05) is 19.5 Å². The zero-order valence-corrected chi connectivity index (χ0v) is 14.7. The van der Waals surface area contributed by atoms with Gasteiger partial charge in [0.05, 0.1) is 17.4 Å². The number of benzene rings is 1. The van der Waals surface area contributed by atoms with Crippen LogP contribution < -0.4 is 5.32 Å². The second kappa shape index (κ2) is 7.70. The molecule has 2 fully saturated rings. The molecular formula is C19H21F3N2O3. The summed E-state index contributed by atoms with van der Waals surface area (Å²) < 4.78 is 37.6. The van der Waals surface area contributed by atoms with E-state index in [0.29, 0.717) is 5.56 Å². The van der Waals surface area contributed by atoms with Crippen molar-refractivity contribution in [2.75, 3.05) is 6.54 Å². The maximum atomic E-state index is 12.5. The molecule has 1 saturated carbocycles. The highest BCUT2D eigenvalue weighted by atomic mass is 19.4. The van der Waals surface area contributed by atoms with Gasteiger partial charge in [0.15, 0.2) is 0 Å². The van der Waals surface area contributed by atoms with E-state index in [1.165, 1.54) is 17.0 Å². The summed E-state index contributed by atoms with van der Waals surface area (Å²) in [6.07, 6.45) is -1.06. The lowest BCUT2D eigenvalue weighted by Crippen LogP contribution is -2.35. The molecule has 1 N–H and O–H groups in total. The Labute approximate surface area is 154 Å². The number of carbonyl (C=O) groups is 3. The SMILES string of the molecule is O=C(CCN1C(=O)C2CCCCC2C1=O)NCc1ccc(C(F)(F)F)cc1. The molecule has 2 unspecified atom stereocenters. The summed E-state index contributed by atoms with van der Waals surface area (Å²) in [5.41, 5.74) is -0.208. The highest BCUT2D eigenvalue weighted by molar-refractivity contribution is 6.05. The molecule has 1 heterocycles. The minimum atomic E-state index is -4.40. The monoisotopic (exact) mass is 382 g/mol. The van der Waals surface area contributed by atoms with E-state index >= 15 is 0 Å². The van der Waals surface area contributed by atoms with Gasteiger partial charge in [-0.25, -0.2) is 0 Å². The van der Waals surface area contributed by atoms with Gasteiger partial charge in [-0.2, -0.15) is 13.2 Å². The summed E-state index contributed by atoms with van der Waals surface area (Å²) >= 11 is 0. The molecule has 0 radical (unpaired) electrons. The van der Waals surface area contributed by atoms with Gasteiger partial charge in [-0.05, 0) is 30.5 Å². The molecule has 0 spiro atoms. The molecule has 2 atom stereocenters. The summed E-state index contributed by atoms with van der Waals surface area (Å²) in [5, 5.41) is 2.60. The first-order valence-corrected chi connectivity index (χ1v) is 9.05. The lowest BCUT2D eigenvalue weighted by molar-refractivity contribution is -0.140. The Morgan fingerprint density at radius 2 is 1.59 bits per heavy atom. The summed E-state index contributed by atoms with van der Waals surface area (Å²) in [6.45, 7) is 0.133. The molecular weight excluding hydrogens is 361 g/mol. The van der Waals surface area contributed by atoms with Crippen molar-refractivity contribution in [1.29, 1.82) is 0 Å². The number of hydrogen-bond acceptors (Lipinski definition) is 3. The molecule has 1 aliphatic carbocycles. The molecule has 3 amide bonds. The van der Waals surface area contributed by atoms with E-state index < -0.39 is 11.7 Å². The number of amides is 3. The molecule has 27 heavy (non-hydrogen) atoms. The quantitative estimate of drug-likeness (QED) is 0.797. The molecule has 8 heteroatoms. The van der Waals surface area contributed by atoms with E-state index in [1.54, 1.807) is 0 Å². The van der Waals surface area contributed by atoms with Crippen LogP contribution in [0.25, 0.3) is 0 Å². The Balaban J connectivity index is 1.47. The van der Waals surface area contributed by atoms with Crippen molar-refractivity contribution < 1.29 is 27.6 Å². The van der Waals surface area contributed by atoms with Gasteiger partial charge in [0.1, 0.15) is 0 Å². The van der Waals surface area contributed by atoms with Crippen LogP contribution in [0.1, 0.15) is 43.2 Å². The first-order chi connectivity index (χ1) is 12.8. The predicted octanol–water partition coefficient (Wildman–Crippen LogP) is 2.89. The normalized spacial score (nSPS) is 22.7. The van der Waals surface area contributed by atoms with Gasteiger partial charge in [-0.3, -0.25) is 19.3 Å². The minimum Gasteiger partial charge on any atom is -0.352 e. The summed E-state index contributed by atoms with van der Waals surface area (Å²) in [4.78, 5) is 37.9. The summed E-state index contributed by atoms with van der Waals surface area (Å²) in [7, 11) is 0. The zero-order valence-electron chi connectivity index (χ0n) is 14.7. The van der Waals surface area contributed by atoms with Crippen LogP contribution in [0.4, 0.5) is 13.2 Å². The van der Waals surface area contributed by atoms with Crippen molar-refractivity contribution in [2.24, 2.45) is 11.8 Å². The number of imide groups is 1. The number of likely N-dealkylation sites (tertiary alicyclic amines) is 1. The van der Waals surface area contributed by atoms with Crippen molar-refractivity contribution in [3.8, 4) is 0 Å². The van der Waals surface area contributed by atoms with Crippen LogP contribution in [0.2, 0.25) is 0 Å². The van der Waals surface area contributed by atoms with Crippen LogP contribution in [-0.2, 0) is 27.1 Å². The number of alkyl halides is 3. The Hall–Kier alpha value is -2.38. The second-order valence-corrected chi connectivity index (χ2v) is 7.05. The fourth-order valence-corrected chi connectivity index (χ4v) is 3.77. The third kappa shape index (κ3) is 4.31. The van der Waals surface area contributed by atoms with E-state index in [4.69, 9.17) is 0 Å². The second-order valence-electron chi connectivity index (χ2n) is 7.05. The van der Waals surface area contributed by atoms with E-state index in [0.717, 1.165) is 37.8 Å². The number of fused-ring (bicyclic) bond motifs is 1. The number of nitrogens with zero attached hydrogens (tertiary/aromatic N) is 1. The van der Waals surface area contributed by atoms with Crippen molar-refractivity contribution in [2.45, 2.75) is 44.8 Å². The smallest absolute Gasteiger partial charge is 0.352 e. The van der Waals surface area contributed by atoms with Crippen LogP contribution in [0, 0.1) is 11.8 Å². The van der Waals surface area contributed by atoms with Crippen molar-refractivity contribution >= 4 is 17.7 Å². The van der Waals surface area contributed by atoms with Gasteiger partial charge < -0.3 is 5.32 Å². The Morgan fingerprint density at radius 1 is 1.04 bits per heavy atom. The van der Waals surface area contributed by atoms with Crippen LogP contribution in [0.5, 0.6) is 0 Å². The largest absolute Gasteiger partial charge is 0.416 e. The number of halogens is 3. The molecule has 0 bridgehead atoms. The molecule has 146 valence electrons. The van der Waals surface area contributed by atoms with Gasteiger partial charge in [0.2, 0.25) is 17.7 Å². The van der Waals surface area contributed by atoms with Gasteiger partial charge in [-0.1, -0.05) is 25.0 Å².